The number of halogens is 1. The molecule has 0 aromatic heterocycles. The Morgan fingerprint density at radius 3 is 2.30 bits per heavy atom. The van der Waals surface area contributed by atoms with E-state index >= 15 is 0 Å². The van der Waals surface area contributed by atoms with E-state index in [1.54, 1.807) is 42.5 Å². The molecule has 5 nitrogen and oxygen atoms in total. The van der Waals surface area contributed by atoms with Crippen LogP contribution in [-0.4, -0.2) is 16.9 Å². The normalized spacial score (nSPS) is 10.1. The molecule has 0 saturated carbocycles. The van der Waals surface area contributed by atoms with Crippen LogP contribution in [0.3, 0.4) is 0 Å². The molecule has 2 rings (SSSR count). The lowest BCUT2D eigenvalue weighted by Crippen LogP contribution is -2.34. The van der Waals surface area contributed by atoms with E-state index in [0.29, 0.717) is 12.0 Å². The summed E-state index contributed by atoms with van der Waals surface area (Å²) in [6.07, 6.45) is 3.57. The fraction of sp³-hybridized carbons (Fsp3) is 0.250. The van der Waals surface area contributed by atoms with Crippen LogP contribution in [0.2, 0.25) is 0 Å². The van der Waals surface area contributed by atoms with Crippen molar-refractivity contribution < 1.29 is 9.59 Å². The zero-order valence-electron chi connectivity index (χ0n) is 15.0. The fourth-order valence-corrected chi connectivity index (χ4v) is 2.97. The van der Waals surface area contributed by atoms with E-state index in [-0.39, 0.29) is 16.9 Å². The predicted octanol–water partition coefficient (Wildman–Crippen LogP) is 5.09. The minimum Gasteiger partial charge on any atom is -0.332 e. The lowest BCUT2D eigenvalue weighted by molar-refractivity contribution is -0.116. The molecule has 2 aromatic carbocycles. The molecule has 27 heavy (non-hydrogen) atoms. The smallest absolute Gasteiger partial charge is 0.257 e. The number of hydrogen-bond donors (Lipinski definition) is 3. The number of carbonyl (C=O) groups excluding carboxylic acids is 2. The van der Waals surface area contributed by atoms with Gasteiger partial charge in [0.15, 0.2) is 5.11 Å². The van der Waals surface area contributed by atoms with E-state index in [2.05, 4.69) is 38.8 Å². The van der Waals surface area contributed by atoms with Crippen LogP contribution in [0.25, 0.3) is 0 Å². The minimum atomic E-state index is -0.287. The molecular formula is C20H22BrN3O2S. The zero-order chi connectivity index (χ0) is 19.6. The second-order valence-electron chi connectivity index (χ2n) is 6.00. The molecule has 7 heteroatoms. The molecule has 0 spiro atoms. The zero-order valence-corrected chi connectivity index (χ0v) is 17.5. The highest BCUT2D eigenvalue weighted by Crippen LogP contribution is 2.15. The summed E-state index contributed by atoms with van der Waals surface area (Å²) < 4.78 is 0.821. The Morgan fingerprint density at radius 1 is 1.00 bits per heavy atom. The molecule has 0 aliphatic heterocycles. The fourth-order valence-electron chi connectivity index (χ4n) is 2.36. The Labute approximate surface area is 173 Å². The Hall–Kier alpha value is -2.25. The summed E-state index contributed by atoms with van der Waals surface area (Å²) in [7, 11) is 0. The van der Waals surface area contributed by atoms with Gasteiger partial charge in [-0.2, -0.15) is 0 Å². The molecule has 0 atom stereocenters. The van der Waals surface area contributed by atoms with Crippen molar-refractivity contribution in [1.82, 2.24) is 5.32 Å². The molecule has 0 radical (unpaired) electrons. The van der Waals surface area contributed by atoms with Crippen molar-refractivity contribution in [3.8, 4) is 0 Å². The number of hydrogen-bond acceptors (Lipinski definition) is 3. The molecule has 0 fully saturated rings. The van der Waals surface area contributed by atoms with E-state index in [1.165, 1.54) is 0 Å². The molecule has 142 valence electrons. The summed E-state index contributed by atoms with van der Waals surface area (Å²) in [6.45, 7) is 2.11. The van der Waals surface area contributed by atoms with Gasteiger partial charge in [-0.1, -0.05) is 41.8 Å². The van der Waals surface area contributed by atoms with Gasteiger partial charge < -0.3 is 10.6 Å². The lowest BCUT2D eigenvalue weighted by atomic mass is 10.2. The van der Waals surface area contributed by atoms with E-state index < -0.39 is 0 Å². The third-order valence-corrected chi connectivity index (χ3v) is 4.45. The van der Waals surface area contributed by atoms with Gasteiger partial charge in [0, 0.05) is 27.8 Å². The van der Waals surface area contributed by atoms with Crippen molar-refractivity contribution in [2.45, 2.75) is 32.6 Å². The number of benzene rings is 2. The van der Waals surface area contributed by atoms with Crippen LogP contribution < -0.4 is 16.0 Å². The van der Waals surface area contributed by atoms with Gasteiger partial charge >= 0.3 is 0 Å². The molecule has 0 unspecified atom stereocenters. The van der Waals surface area contributed by atoms with Gasteiger partial charge in [-0.15, -0.1) is 0 Å². The quantitative estimate of drug-likeness (QED) is 0.408. The van der Waals surface area contributed by atoms with Crippen LogP contribution in [-0.2, 0) is 4.79 Å². The first-order chi connectivity index (χ1) is 13.0. The van der Waals surface area contributed by atoms with Crippen LogP contribution >= 0.6 is 28.1 Å². The molecule has 2 aromatic rings. The standard InChI is InChI=1S/C20H22BrN3O2S/c1-2-3-4-8-18(25)22-16-9-11-17(12-10-16)23-20(27)24-19(26)14-6-5-7-15(21)13-14/h5-7,9-13H,2-4,8H2,1H3,(H,22,25)(H2,23,24,26,27). The average Bonchev–Trinajstić information content (AvgIpc) is 2.63. The van der Waals surface area contributed by atoms with E-state index in [9.17, 15) is 9.59 Å². The SMILES string of the molecule is CCCCCC(=O)Nc1ccc(NC(=S)NC(=O)c2cccc(Br)c2)cc1. The number of carbonyl (C=O) groups is 2. The maximum absolute atomic E-state index is 12.2. The number of anilines is 2. The predicted molar refractivity (Wildman–Crippen MR) is 117 cm³/mol. The van der Waals surface area contributed by atoms with Gasteiger partial charge in [0.25, 0.3) is 5.91 Å². The van der Waals surface area contributed by atoms with Crippen molar-refractivity contribution in [2.24, 2.45) is 0 Å². The number of thiocarbonyl (C=S) groups is 1. The molecule has 0 bridgehead atoms. The maximum atomic E-state index is 12.2. The van der Waals surface area contributed by atoms with Gasteiger partial charge in [-0.05, 0) is 61.1 Å². The van der Waals surface area contributed by atoms with Gasteiger partial charge in [-0.3, -0.25) is 14.9 Å². The van der Waals surface area contributed by atoms with Crippen molar-refractivity contribution in [3.05, 3.63) is 58.6 Å². The largest absolute Gasteiger partial charge is 0.332 e. The highest BCUT2D eigenvalue weighted by atomic mass is 79.9. The van der Waals surface area contributed by atoms with Crippen LogP contribution in [0, 0.1) is 0 Å². The molecule has 0 aliphatic rings. The Kier molecular flexibility index (Phi) is 8.42. The first-order valence-corrected chi connectivity index (χ1v) is 9.96. The molecule has 0 heterocycles. The Balaban J connectivity index is 1.84. The second kappa shape index (κ2) is 10.8. The summed E-state index contributed by atoms with van der Waals surface area (Å²) in [5.74, 6) is -0.272. The minimum absolute atomic E-state index is 0.0148. The second-order valence-corrected chi connectivity index (χ2v) is 7.33. The third-order valence-electron chi connectivity index (χ3n) is 3.75. The highest BCUT2D eigenvalue weighted by Gasteiger charge is 2.08. The Bertz CT molecular complexity index is 809. The van der Waals surface area contributed by atoms with Crippen LogP contribution in [0.1, 0.15) is 43.0 Å². The van der Waals surface area contributed by atoms with Crippen LogP contribution in [0.5, 0.6) is 0 Å². The number of amides is 2. The van der Waals surface area contributed by atoms with Crippen LogP contribution in [0.15, 0.2) is 53.0 Å². The molecule has 0 saturated heterocycles. The molecule has 2 amide bonds. The highest BCUT2D eigenvalue weighted by molar-refractivity contribution is 9.10. The van der Waals surface area contributed by atoms with Crippen molar-refractivity contribution in [2.75, 3.05) is 10.6 Å². The topological polar surface area (TPSA) is 70.2 Å². The van der Waals surface area contributed by atoms with E-state index in [0.717, 1.165) is 35.1 Å². The maximum Gasteiger partial charge on any atom is 0.257 e. The number of rotatable bonds is 7. The third kappa shape index (κ3) is 7.48. The van der Waals surface area contributed by atoms with Crippen LogP contribution in [0.4, 0.5) is 11.4 Å². The molecule has 0 aliphatic carbocycles. The van der Waals surface area contributed by atoms with Crippen molar-refractivity contribution >= 4 is 56.4 Å². The lowest BCUT2D eigenvalue weighted by Gasteiger charge is -2.11. The molecule has 3 N–H and O–H groups in total. The van der Waals surface area contributed by atoms with Gasteiger partial charge in [-0.25, -0.2) is 0 Å². The van der Waals surface area contributed by atoms with Crippen molar-refractivity contribution in [1.29, 1.82) is 0 Å². The monoisotopic (exact) mass is 447 g/mol. The van der Waals surface area contributed by atoms with E-state index in [4.69, 9.17) is 12.2 Å². The van der Waals surface area contributed by atoms with Gasteiger partial charge in [0.1, 0.15) is 0 Å². The summed E-state index contributed by atoms with van der Waals surface area (Å²) in [4.78, 5) is 24.0. The van der Waals surface area contributed by atoms with Gasteiger partial charge in [0.2, 0.25) is 5.91 Å². The first kappa shape index (κ1) is 21.1. The average molecular weight is 448 g/mol. The number of unbranched alkanes of at least 4 members (excludes halogenated alkanes) is 2. The molecular weight excluding hydrogens is 426 g/mol. The summed E-state index contributed by atoms with van der Waals surface area (Å²) in [5, 5.41) is 8.66. The van der Waals surface area contributed by atoms with Crippen molar-refractivity contribution in [3.63, 3.8) is 0 Å². The summed E-state index contributed by atoms with van der Waals surface area (Å²) >= 11 is 8.52. The van der Waals surface area contributed by atoms with E-state index in [1.807, 2.05) is 6.07 Å². The Morgan fingerprint density at radius 2 is 1.67 bits per heavy atom. The summed E-state index contributed by atoms with van der Waals surface area (Å²) in [5.41, 5.74) is 1.96. The number of nitrogens with one attached hydrogen (secondary N) is 3. The summed E-state index contributed by atoms with van der Waals surface area (Å²) in [6, 6.07) is 14.2. The first-order valence-electron chi connectivity index (χ1n) is 8.75. The van der Waals surface area contributed by atoms with Gasteiger partial charge in [0.05, 0.1) is 0 Å².